The molecule has 1 aromatic carbocycles. The van der Waals surface area contributed by atoms with E-state index < -0.39 is 17.3 Å². The SMILES string of the molecule is Cc1ccnc(Oc2ccc(C(=O)O)c(F)c2)c1Br. The van der Waals surface area contributed by atoms with Crippen molar-refractivity contribution < 1.29 is 19.0 Å². The first-order valence-electron chi connectivity index (χ1n) is 5.31. The molecular weight excluding hydrogens is 317 g/mol. The van der Waals surface area contributed by atoms with E-state index in [2.05, 4.69) is 20.9 Å². The summed E-state index contributed by atoms with van der Waals surface area (Å²) in [6.45, 7) is 1.87. The molecule has 0 radical (unpaired) electrons. The molecule has 2 aromatic rings. The van der Waals surface area contributed by atoms with Gasteiger partial charge in [0.2, 0.25) is 5.88 Å². The van der Waals surface area contributed by atoms with Crippen molar-refractivity contribution in [1.82, 2.24) is 4.98 Å². The lowest BCUT2D eigenvalue weighted by Gasteiger charge is -2.08. The van der Waals surface area contributed by atoms with Gasteiger partial charge in [0.15, 0.2) is 0 Å². The van der Waals surface area contributed by atoms with E-state index in [-0.39, 0.29) is 5.75 Å². The molecule has 0 saturated carbocycles. The molecule has 98 valence electrons. The second kappa shape index (κ2) is 5.36. The summed E-state index contributed by atoms with van der Waals surface area (Å²) in [6, 6.07) is 5.34. The van der Waals surface area contributed by atoms with Gasteiger partial charge in [-0.2, -0.15) is 0 Å². The number of nitrogens with zero attached hydrogens (tertiary/aromatic N) is 1. The summed E-state index contributed by atoms with van der Waals surface area (Å²) in [6.07, 6.45) is 1.57. The quantitative estimate of drug-likeness (QED) is 0.932. The van der Waals surface area contributed by atoms with E-state index in [0.717, 1.165) is 17.7 Å². The van der Waals surface area contributed by atoms with Gasteiger partial charge in [0.05, 0.1) is 10.0 Å². The Bertz CT molecular complexity index is 646. The molecule has 2 rings (SSSR count). The molecule has 19 heavy (non-hydrogen) atoms. The third-order valence-electron chi connectivity index (χ3n) is 2.44. The van der Waals surface area contributed by atoms with E-state index in [9.17, 15) is 9.18 Å². The molecule has 1 N–H and O–H groups in total. The Morgan fingerprint density at radius 2 is 2.16 bits per heavy atom. The molecule has 0 spiro atoms. The van der Waals surface area contributed by atoms with Crippen molar-refractivity contribution in [2.24, 2.45) is 0 Å². The average Bonchev–Trinajstić information content (AvgIpc) is 2.34. The van der Waals surface area contributed by atoms with Crippen molar-refractivity contribution in [3.05, 3.63) is 51.9 Å². The molecule has 0 unspecified atom stereocenters. The highest BCUT2D eigenvalue weighted by Gasteiger charge is 2.12. The van der Waals surface area contributed by atoms with Crippen LogP contribution in [0.25, 0.3) is 0 Å². The van der Waals surface area contributed by atoms with Crippen LogP contribution in [-0.2, 0) is 0 Å². The van der Waals surface area contributed by atoms with E-state index in [4.69, 9.17) is 9.84 Å². The number of ether oxygens (including phenoxy) is 1. The second-order valence-corrected chi connectivity index (χ2v) is 4.59. The van der Waals surface area contributed by atoms with Gasteiger partial charge in [0.25, 0.3) is 0 Å². The van der Waals surface area contributed by atoms with Gasteiger partial charge >= 0.3 is 5.97 Å². The number of benzene rings is 1. The molecule has 1 heterocycles. The van der Waals surface area contributed by atoms with Crippen LogP contribution in [0.5, 0.6) is 11.6 Å². The third-order valence-corrected chi connectivity index (χ3v) is 3.40. The zero-order valence-corrected chi connectivity index (χ0v) is 11.4. The van der Waals surface area contributed by atoms with E-state index in [1.54, 1.807) is 12.3 Å². The van der Waals surface area contributed by atoms with Crippen LogP contribution in [0.4, 0.5) is 4.39 Å². The van der Waals surface area contributed by atoms with Gasteiger partial charge in [-0.25, -0.2) is 14.2 Å². The van der Waals surface area contributed by atoms with E-state index in [1.165, 1.54) is 6.07 Å². The lowest BCUT2D eigenvalue weighted by atomic mass is 10.2. The lowest BCUT2D eigenvalue weighted by Crippen LogP contribution is -2.00. The number of rotatable bonds is 3. The molecule has 0 bridgehead atoms. The Hall–Kier alpha value is -1.95. The van der Waals surface area contributed by atoms with Gasteiger partial charge in [-0.3, -0.25) is 0 Å². The highest BCUT2D eigenvalue weighted by molar-refractivity contribution is 9.10. The Morgan fingerprint density at radius 1 is 1.42 bits per heavy atom. The fourth-order valence-corrected chi connectivity index (χ4v) is 1.75. The van der Waals surface area contributed by atoms with E-state index >= 15 is 0 Å². The monoisotopic (exact) mass is 325 g/mol. The van der Waals surface area contributed by atoms with Crippen molar-refractivity contribution in [3.63, 3.8) is 0 Å². The number of hydrogen-bond donors (Lipinski definition) is 1. The minimum Gasteiger partial charge on any atom is -0.478 e. The molecule has 0 amide bonds. The number of carbonyl (C=O) groups is 1. The Morgan fingerprint density at radius 3 is 2.79 bits per heavy atom. The molecule has 0 atom stereocenters. The molecule has 4 nitrogen and oxygen atoms in total. The third kappa shape index (κ3) is 2.90. The van der Waals surface area contributed by atoms with Crippen LogP contribution in [0.1, 0.15) is 15.9 Å². The minimum atomic E-state index is -1.32. The van der Waals surface area contributed by atoms with Crippen LogP contribution >= 0.6 is 15.9 Å². The van der Waals surface area contributed by atoms with Gasteiger partial charge < -0.3 is 9.84 Å². The summed E-state index contributed by atoms with van der Waals surface area (Å²) in [7, 11) is 0. The van der Waals surface area contributed by atoms with Crippen molar-refractivity contribution in [2.75, 3.05) is 0 Å². The normalized spacial score (nSPS) is 10.3. The van der Waals surface area contributed by atoms with Crippen LogP contribution in [-0.4, -0.2) is 16.1 Å². The summed E-state index contributed by atoms with van der Waals surface area (Å²) in [5.41, 5.74) is 0.524. The number of aromatic carboxylic acids is 1. The number of halogens is 2. The Kier molecular flexibility index (Phi) is 3.80. The molecule has 0 aliphatic heterocycles. The summed E-state index contributed by atoms with van der Waals surface area (Å²) in [5, 5.41) is 8.73. The van der Waals surface area contributed by atoms with Gasteiger partial charge in [-0.1, -0.05) is 0 Å². The number of aromatic nitrogens is 1. The minimum absolute atomic E-state index is 0.182. The fraction of sp³-hybridized carbons (Fsp3) is 0.0769. The van der Waals surface area contributed by atoms with Crippen LogP contribution in [0, 0.1) is 12.7 Å². The number of pyridine rings is 1. The largest absolute Gasteiger partial charge is 0.478 e. The van der Waals surface area contributed by atoms with Crippen molar-refractivity contribution in [1.29, 1.82) is 0 Å². The Labute approximate surface area is 117 Å². The zero-order valence-electron chi connectivity index (χ0n) is 9.85. The molecule has 0 fully saturated rings. The van der Waals surface area contributed by atoms with Crippen molar-refractivity contribution in [3.8, 4) is 11.6 Å². The van der Waals surface area contributed by atoms with Gasteiger partial charge in [-0.05, 0) is 46.6 Å². The predicted octanol–water partition coefficient (Wildman–Crippen LogP) is 3.78. The highest BCUT2D eigenvalue weighted by atomic mass is 79.9. The lowest BCUT2D eigenvalue weighted by molar-refractivity contribution is 0.0692. The maximum Gasteiger partial charge on any atom is 0.338 e. The summed E-state index contributed by atoms with van der Waals surface area (Å²) >= 11 is 3.32. The van der Waals surface area contributed by atoms with Gasteiger partial charge in [0.1, 0.15) is 11.6 Å². The molecule has 6 heteroatoms. The van der Waals surface area contributed by atoms with Crippen LogP contribution in [0.15, 0.2) is 34.9 Å². The number of hydrogen-bond acceptors (Lipinski definition) is 3. The number of carboxylic acids is 1. The molecule has 0 saturated heterocycles. The van der Waals surface area contributed by atoms with Gasteiger partial charge in [-0.15, -0.1) is 0 Å². The molecule has 0 aliphatic rings. The first-order chi connectivity index (χ1) is 8.99. The topological polar surface area (TPSA) is 59.4 Å². The maximum absolute atomic E-state index is 13.5. The second-order valence-electron chi connectivity index (χ2n) is 3.80. The molecular formula is C13H9BrFNO3. The van der Waals surface area contributed by atoms with Crippen LogP contribution < -0.4 is 4.74 Å². The molecule has 1 aromatic heterocycles. The Balaban J connectivity index is 2.32. The first kappa shape index (κ1) is 13.5. The zero-order chi connectivity index (χ0) is 14.0. The standard InChI is InChI=1S/C13H9BrFNO3/c1-7-4-5-16-12(11(7)14)19-8-2-3-9(13(17)18)10(15)6-8/h2-6H,1H3,(H,17,18). The predicted molar refractivity (Wildman–Crippen MR) is 70.1 cm³/mol. The van der Waals surface area contributed by atoms with Crippen molar-refractivity contribution in [2.45, 2.75) is 6.92 Å². The summed E-state index contributed by atoms with van der Waals surface area (Å²) < 4.78 is 19.6. The van der Waals surface area contributed by atoms with E-state index in [0.29, 0.717) is 10.4 Å². The fourth-order valence-electron chi connectivity index (χ4n) is 1.43. The average molecular weight is 326 g/mol. The maximum atomic E-state index is 13.5. The summed E-state index contributed by atoms with van der Waals surface area (Å²) in [5.74, 6) is -1.70. The molecule has 0 aliphatic carbocycles. The number of aryl methyl sites for hydroxylation is 1. The smallest absolute Gasteiger partial charge is 0.338 e. The number of carboxylic acid groups (broad SMARTS) is 1. The van der Waals surface area contributed by atoms with Crippen LogP contribution in [0.2, 0.25) is 0 Å². The highest BCUT2D eigenvalue weighted by Crippen LogP contribution is 2.30. The van der Waals surface area contributed by atoms with Gasteiger partial charge in [0, 0.05) is 12.3 Å². The van der Waals surface area contributed by atoms with E-state index in [1.807, 2.05) is 6.92 Å². The summed E-state index contributed by atoms with van der Waals surface area (Å²) in [4.78, 5) is 14.7. The van der Waals surface area contributed by atoms with Crippen molar-refractivity contribution >= 4 is 21.9 Å². The van der Waals surface area contributed by atoms with Crippen LogP contribution in [0.3, 0.4) is 0 Å². The first-order valence-corrected chi connectivity index (χ1v) is 6.10.